The molecule has 0 N–H and O–H groups in total. The maximum Gasteiger partial charge on any atom is 0.0547 e. The predicted octanol–water partition coefficient (Wildman–Crippen LogP) is 9.41. The number of para-hydroxylation sites is 1. The molecule has 1 nitrogen and oxygen atoms in total. The Morgan fingerprint density at radius 1 is 0.441 bits per heavy atom. The smallest absolute Gasteiger partial charge is 0.0547 e. The Kier molecular flexibility index (Phi) is 4.27. The molecule has 0 aliphatic heterocycles. The molecule has 2 heteroatoms. The van der Waals surface area contributed by atoms with Gasteiger partial charge in [-0.15, -0.1) is 0 Å². The van der Waals surface area contributed by atoms with Gasteiger partial charge < -0.3 is 4.57 Å². The van der Waals surface area contributed by atoms with Crippen molar-refractivity contribution in [3.05, 3.63) is 126 Å². The molecule has 7 rings (SSSR count). The molecule has 0 aliphatic carbocycles. The van der Waals surface area contributed by atoms with Crippen LogP contribution in [-0.2, 0) is 0 Å². The van der Waals surface area contributed by atoms with Crippen LogP contribution in [0.3, 0.4) is 0 Å². The molecule has 1 heterocycles. The zero-order chi connectivity index (χ0) is 22.6. The molecule has 0 fully saturated rings. The van der Waals surface area contributed by atoms with Gasteiger partial charge in [0, 0.05) is 21.5 Å². The van der Waals surface area contributed by atoms with Gasteiger partial charge >= 0.3 is 0 Å². The van der Waals surface area contributed by atoms with Crippen molar-refractivity contribution < 1.29 is 0 Å². The number of halogens is 1. The zero-order valence-corrected chi connectivity index (χ0v) is 19.1. The highest BCUT2D eigenvalue weighted by Gasteiger charge is 2.14. The van der Waals surface area contributed by atoms with Gasteiger partial charge in [-0.25, -0.2) is 0 Å². The summed E-state index contributed by atoms with van der Waals surface area (Å²) in [6.45, 7) is 0. The molecule has 0 amide bonds. The molecule has 34 heavy (non-hydrogen) atoms. The first-order chi connectivity index (χ1) is 16.8. The van der Waals surface area contributed by atoms with Gasteiger partial charge in [-0.3, -0.25) is 0 Å². The van der Waals surface area contributed by atoms with Gasteiger partial charge in [0.15, 0.2) is 0 Å². The highest BCUT2D eigenvalue weighted by molar-refractivity contribution is 6.30. The van der Waals surface area contributed by atoms with Crippen molar-refractivity contribution in [3.8, 4) is 16.8 Å². The second-order valence-electron chi connectivity index (χ2n) is 8.79. The minimum absolute atomic E-state index is 0.750. The van der Waals surface area contributed by atoms with Gasteiger partial charge in [-0.2, -0.15) is 0 Å². The fourth-order valence-corrected chi connectivity index (χ4v) is 5.42. The number of hydrogen-bond donors (Lipinski definition) is 0. The summed E-state index contributed by atoms with van der Waals surface area (Å²) in [5.41, 5.74) is 5.85. The Labute approximate surface area is 202 Å². The quantitative estimate of drug-likeness (QED) is 0.230. The summed E-state index contributed by atoms with van der Waals surface area (Å²) in [6, 6.07) is 43.3. The zero-order valence-electron chi connectivity index (χ0n) is 18.4. The van der Waals surface area contributed by atoms with Crippen LogP contribution in [0, 0.1) is 0 Å². The SMILES string of the molecule is Clc1cccc(-c2ccc3c4ccccc4n(-c4ccc5ccc6ccccc6c5c4)c3c2)c1. The maximum absolute atomic E-state index is 6.30. The third kappa shape index (κ3) is 2.95. The Balaban J connectivity index is 1.56. The van der Waals surface area contributed by atoms with Crippen LogP contribution < -0.4 is 0 Å². The first-order valence-electron chi connectivity index (χ1n) is 11.5. The monoisotopic (exact) mass is 453 g/mol. The number of aromatic nitrogens is 1. The second-order valence-corrected chi connectivity index (χ2v) is 9.22. The third-order valence-corrected chi connectivity index (χ3v) is 7.06. The molecule has 0 spiro atoms. The fourth-order valence-electron chi connectivity index (χ4n) is 5.23. The van der Waals surface area contributed by atoms with Crippen molar-refractivity contribution in [1.29, 1.82) is 0 Å². The highest BCUT2D eigenvalue weighted by Crippen LogP contribution is 2.36. The lowest BCUT2D eigenvalue weighted by atomic mass is 10.0. The van der Waals surface area contributed by atoms with E-state index in [0.29, 0.717) is 0 Å². The molecular formula is C32H20ClN. The van der Waals surface area contributed by atoms with Gasteiger partial charge in [-0.05, 0) is 69.1 Å². The number of rotatable bonds is 2. The number of fused-ring (bicyclic) bond motifs is 6. The summed E-state index contributed by atoms with van der Waals surface area (Å²) in [5.74, 6) is 0. The lowest BCUT2D eigenvalue weighted by Crippen LogP contribution is -1.94. The van der Waals surface area contributed by atoms with Crippen molar-refractivity contribution in [2.75, 3.05) is 0 Å². The van der Waals surface area contributed by atoms with Crippen LogP contribution in [-0.4, -0.2) is 4.57 Å². The Bertz CT molecular complexity index is 1880. The van der Waals surface area contributed by atoms with Crippen molar-refractivity contribution in [3.63, 3.8) is 0 Å². The number of hydrogen-bond acceptors (Lipinski definition) is 0. The molecule has 0 saturated carbocycles. The molecule has 1 aromatic heterocycles. The Morgan fingerprint density at radius 2 is 1.15 bits per heavy atom. The van der Waals surface area contributed by atoms with E-state index in [0.717, 1.165) is 16.1 Å². The van der Waals surface area contributed by atoms with E-state index in [9.17, 15) is 0 Å². The predicted molar refractivity (Wildman–Crippen MR) is 146 cm³/mol. The minimum Gasteiger partial charge on any atom is -0.309 e. The first-order valence-corrected chi connectivity index (χ1v) is 11.9. The van der Waals surface area contributed by atoms with E-state index in [4.69, 9.17) is 11.6 Å². The summed E-state index contributed by atoms with van der Waals surface area (Å²) < 4.78 is 2.39. The van der Waals surface area contributed by atoms with Gasteiger partial charge in [0.1, 0.15) is 0 Å². The van der Waals surface area contributed by atoms with Crippen molar-refractivity contribution in [1.82, 2.24) is 4.57 Å². The van der Waals surface area contributed by atoms with E-state index >= 15 is 0 Å². The summed E-state index contributed by atoms with van der Waals surface area (Å²) >= 11 is 6.30. The van der Waals surface area contributed by atoms with Gasteiger partial charge in [0.05, 0.1) is 11.0 Å². The van der Waals surface area contributed by atoms with Crippen LogP contribution in [0.4, 0.5) is 0 Å². The number of nitrogens with zero attached hydrogens (tertiary/aromatic N) is 1. The number of benzene rings is 6. The molecule has 0 saturated heterocycles. The van der Waals surface area contributed by atoms with Gasteiger partial charge in [0.2, 0.25) is 0 Å². The van der Waals surface area contributed by atoms with E-state index in [1.165, 1.54) is 49.0 Å². The molecule has 0 atom stereocenters. The van der Waals surface area contributed by atoms with Gasteiger partial charge in [0.25, 0.3) is 0 Å². The van der Waals surface area contributed by atoms with Crippen LogP contribution >= 0.6 is 11.6 Å². The topological polar surface area (TPSA) is 4.93 Å². The largest absolute Gasteiger partial charge is 0.309 e. The van der Waals surface area contributed by atoms with E-state index in [-0.39, 0.29) is 0 Å². The second kappa shape index (κ2) is 7.48. The lowest BCUT2D eigenvalue weighted by Gasteiger charge is -2.12. The average molecular weight is 454 g/mol. The summed E-state index contributed by atoms with van der Waals surface area (Å²) in [6.07, 6.45) is 0. The van der Waals surface area contributed by atoms with Gasteiger partial charge in [-0.1, -0.05) is 96.5 Å². The summed E-state index contributed by atoms with van der Waals surface area (Å²) in [4.78, 5) is 0. The van der Waals surface area contributed by atoms with Crippen LogP contribution in [0.2, 0.25) is 5.02 Å². The van der Waals surface area contributed by atoms with Crippen molar-refractivity contribution in [2.45, 2.75) is 0 Å². The average Bonchev–Trinajstić information content (AvgIpc) is 3.22. The molecule has 160 valence electrons. The molecule has 0 bridgehead atoms. The standard InChI is InChI=1S/C32H20ClN/c33-25-8-5-7-23(18-25)24-15-17-29-28-10-3-4-11-31(28)34(32(29)19-24)26-16-14-22-13-12-21-6-1-2-9-27(21)30(22)20-26/h1-20H. The summed E-state index contributed by atoms with van der Waals surface area (Å²) in [7, 11) is 0. The van der Waals surface area contributed by atoms with E-state index in [1.54, 1.807) is 0 Å². The van der Waals surface area contributed by atoms with Crippen molar-refractivity contribution in [2.24, 2.45) is 0 Å². The molecule has 0 radical (unpaired) electrons. The molecular weight excluding hydrogens is 434 g/mol. The van der Waals surface area contributed by atoms with E-state index < -0.39 is 0 Å². The van der Waals surface area contributed by atoms with Crippen LogP contribution in [0.1, 0.15) is 0 Å². The highest BCUT2D eigenvalue weighted by atomic mass is 35.5. The lowest BCUT2D eigenvalue weighted by molar-refractivity contribution is 1.19. The summed E-state index contributed by atoms with van der Waals surface area (Å²) in [5, 5.41) is 8.32. The third-order valence-electron chi connectivity index (χ3n) is 6.82. The van der Waals surface area contributed by atoms with E-state index in [1.807, 2.05) is 18.2 Å². The Morgan fingerprint density at radius 3 is 2.03 bits per heavy atom. The van der Waals surface area contributed by atoms with Crippen LogP contribution in [0.15, 0.2) is 121 Å². The Hall–Kier alpha value is -4.07. The molecule has 6 aromatic carbocycles. The minimum atomic E-state index is 0.750. The molecule has 0 aliphatic rings. The molecule has 0 unspecified atom stereocenters. The first kappa shape index (κ1) is 19.4. The normalized spacial score (nSPS) is 11.7. The van der Waals surface area contributed by atoms with Crippen molar-refractivity contribution >= 4 is 55.0 Å². The molecule has 7 aromatic rings. The van der Waals surface area contributed by atoms with Crippen LogP contribution in [0.25, 0.3) is 60.2 Å². The maximum atomic E-state index is 6.30. The fraction of sp³-hybridized carbons (Fsp3) is 0. The van der Waals surface area contributed by atoms with E-state index in [2.05, 4.69) is 108 Å². The van der Waals surface area contributed by atoms with Crippen LogP contribution in [0.5, 0.6) is 0 Å².